The Labute approximate surface area is 80.8 Å². The fourth-order valence-corrected chi connectivity index (χ4v) is 1.81. The second kappa shape index (κ2) is 2.60. The summed E-state index contributed by atoms with van der Waals surface area (Å²) in [6.45, 7) is 1.54. The number of amides is 1. The van der Waals surface area contributed by atoms with Crippen LogP contribution in [-0.2, 0) is 11.3 Å². The first kappa shape index (κ1) is 7.61. The van der Waals surface area contributed by atoms with Crippen LogP contribution < -0.4 is 10.6 Å². The SMILES string of the molecule is O=C1CCn2c(nc3c2NCC=C3)N1. The van der Waals surface area contributed by atoms with Gasteiger partial charge in [0.1, 0.15) is 11.5 Å². The van der Waals surface area contributed by atoms with Gasteiger partial charge in [-0.25, -0.2) is 4.98 Å². The highest BCUT2D eigenvalue weighted by Crippen LogP contribution is 2.27. The molecule has 0 aromatic carbocycles. The molecule has 0 aliphatic carbocycles. The molecule has 0 unspecified atom stereocenters. The first-order valence-electron chi connectivity index (χ1n) is 4.65. The van der Waals surface area contributed by atoms with Gasteiger partial charge in [0, 0.05) is 19.5 Å². The van der Waals surface area contributed by atoms with E-state index in [1.807, 2.05) is 16.7 Å². The van der Waals surface area contributed by atoms with Crippen molar-refractivity contribution in [3.8, 4) is 0 Å². The molecule has 0 radical (unpaired) electrons. The number of carbonyl (C=O) groups is 1. The predicted molar refractivity (Wildman–Crippen MR) is 53.0 cm³/mol. The number of fused-ring (bicyclic) bond motifs is 3. The van der Waals surface area contributed by atoms with Crippen molar-refractivity contribution in [2.75, 3.05) is 17.2 Å². The molecule has 0 atom stereocenters. The minimum Gasteiger partial charge on any atom is -0.366 e. The number of nitrogens with one attached hydrogen (secondary N) is 2. The number of nitrogens with zero attached hydrogens (tertiary/aromatic N) is 2. The zero-order valence-electron chi connectivity index (χ0n) is 7.58. The molecule has 2 aliphatic rings. The molecule has 5 heteroatoms. The zero-order chi connectivity index (χ0) is 9.54. The van der Waals surface area contributed by atoms with Crippen LogP contribution in [-0.4, -0.2) is 22.0 Å². The van der Waals surface area contributed by atoms with Crippen LogP contribution in [0.15, 0.2) is 6.08 Å². The molecule has 72 valence electrons. The molecule has 14 heavy (non-hydrogen) atoms. The molecule has 1 aromatic heterocycles. The second-order valence-corrected chi connectivity index (χ2v) is 3.40. The van der Waals surface area contributed by atoms with Crippen LogP contribution in [0.25, 0.3) is 6.08 Å². The lowest BCUT2D eigenvalue weighted by molar-refractivity contribution is -0.116. The molecule has 0 fully saturated rings. The Hall–Kier alpha value is -1.78. The van der Waals surface area contributed by atoms with Crippen molar-refractivity contribution >= 4 is 23.7 Å². The lowest BCUT2D eigenvalue weighted by atomic mass is 10.3. The van der Waals surface area contributed by atoms with Gasteiger partial charge < -0.3 is 5.32 Å². The Morgan fingerprint density at radius 1 is 1.50 bits per heavy atom. The molecular weight excluding hydrogens is 180 g/mol. The van der Waals surface area contributed by atoms with Gasteiger partial charge in [-0.05, 0) is 6.08 Å². The van der Waals surface area contributed by atoms with Crippen LogP contribution >= 0.6 is 0 Å². The van der Waals surface area contributed by atoms with E-state index in [0.717, 1.165) is 18.1 Å². The monoisotopic (exact) mass is 190 g/mol. The van der Waals surface area contributed by atoms with E-state index in [1.165, 1.54) is 0 Å². The van der Waals surface area contributed by atoms with Crippen LogP contribution in [0.5, 0.6) is 0 Å². The van der Waals surface area contributed by atoms with E-state index in [2.05, 4.69) is 15.6 Å². The van der Waals surface area contributed by atoms with Gasteiger partial charge >= 0.3 is 0 Å². The quantitative estimate of drug-likeness (QED) is 0.632. The summed E-state index contributed by atoms with van der Waals surface area (Å²) in [6.07, 6.45) is 4.52. The minimum absolute atomic E-state index is 0.0452. The van der Waals surface area contributed by atoms with Crippen LogP contribution in [0.2, 0.25) is 0 Å². The molecule has 1 aromatic rings. The van der Waals surface area contributed by atoms with E-state index in [0.29, 0.717) is 18.9 Å². The summed E-state index contributed by atoms with van der Waals surface area (Å²) in [5.41, 5.74) is 0.911. The van der Waals surface area contributed by atoms with Gasteiger partial charge in [-0.15, -0.1) is 0 Å². The Balaban J connectivity index is 2.13. The molecule has 2 N–H and O–H groups in total. The van der Waals surface area contributed by atoms with Crippen LogP contribution in [0, 0.1) is 0 Å². The Kier molecular flexibility index (Phi) is 1.41. The van der Waals surface area contributed by atoms with Crippen LogP contribution in [0.3, 0.4) is 0 Å². The average Bonchev–Trinajstić information content (AvgIpc) is 2.54. The van der Waals surface area contributed by atoms with Gasteiger partial charge in [0.2, 0.25) is 11.9 Å². The molecule has 1 amide bonds. The third kappa shape index (κ3) is 0.951. The van der Waals surface area contributed by atoms with E-state index in [1.54, 1.807) is 0 Å². The van der Waals surface area contributed by atoms with Crippen molar-refractivity contribution in [1.29, 1.82) is 0 Å². The van der Waals surface area contributed by atoms with Crippen LogP contribution in [0.1, 0.15) is 12.1 Å². The average molecular weight is 190 g/mol. The highest BCUT2D eigenvalue weighted by atomic mass is 16.1. The Morgan fingerprint density at radius 3 is 3.36 bits per heavy atom. The first-order valence-corrected chi connectivity index (χ1v) is 4.65. The lowest BCUT2D eigenvalue weighted by Crippen LogP contribution is -2.24. The molecular formula is C9H10N4O. The smallest absolute Gasteiger partial charge is 0.228 e. The van der Waals surface area contributed by atoms with Gasteiger partial charge in [-0.2, -0.15) is 0 Å². The second-order valence-electron chi connectivity index (χ2n) is 3.40. The van der Waals surface area contributed by atoms with Crippen molar-refractivity contribution in [2.24, 2.45) is 0 Å². The van der Waals surface area contributed by atoms with Gasteiger partial charge in [0.15, 0.2) is 0 Å². The molecule has 0 saturated carbocycles. The number of hydrogen-bond donors (Lipinski definition) is 2. The van der Waals surface area contributed by atoms with Crippen molar-refractivity contribution < 1.29 is 4.79 Å². The summed E-state index contributed by atoms with van der Waals surface area (Å²) in [4.78, 5) is 15.5. The maximum Gasteiger partial charge on any atom is 0.228 e. The van der Waals surface area contributed by atoms with Gasteiger partial charge in [0.25, 0.3) is 0 Å². The summed E-state index contributed by atoms with van der Waals surface area (Å²) in [7, 11) is 0. The Morgan fingerprint density at radius 2 is 2.43 bits per heavy atom. The molecule has 2 aliphatic heterocycles. The zero-order valence-corrected chi connectivity index (χ0v) is 7.58. The first-order chi connectivity index (χ1) is 6.84. The number of carbonyl (C=O) groups excluding carboxylic acids is 1. The van der Waals surface area contributed by atoms with Gasteiger partial charge in [-0.3, -0.25) is 14.7 Å². The van der Waals surface area contributed by atoms with Crippen molar-refractivity contribution in [2.45, 2.75) is 13.0 Å². The summed E-state index contributed by atoms with van der Waals surface area (Å²) in [6, 6.07) is 0. The van der Waals surface area contributed by atoms with Gasteiger partial charge in [0.05, 0.1) is 0 Å². The summed E-state index contributed by atoms with van der Waals surface area (Å²) < 4.78 is 2.01. The van der Waals surface area contributed by atoms with E-state index in [-0.39, 0.29) is 5.91 Å². The fourth-order valence-electron chi connectivity index (χ4n) is 1.81. The maximum absolute atomic E-state index is 11.1. The molecule has 0 bridgehead atoms. The third-order valence-corrected chi connectivity index (χ3v) is 2.47. The fraction of sp³-hybridized carbons (Fsp3) is 0.333. The number of anilines is 2. The van der Waals surface area contributed by atoms with E-state index in [4.69, 9.17) is 0 Å². The van der Waals surface area contributed by atoms with Gasteiger partial charge in [-0.1, -0.05) is 6.08 Å². The van der Waals surface area contributed by atoms with Crippen LogP contribution in [0.4, 0.5) is 11.8 Å². The van der Waals surface area contributed by atoms with Crippen molar-refractivity contribution in [3.05, 3.63) is 11.8 Å². The minimum atomic E-state index is 0.0452. The van der Waals surface area contributed by atoms with E-state index in [9.17, 15) is 4.79 Å². The molecule has 0 saturated heterocycles. The number of imidazole rings is 1. The number of rotatable bonds is 0. The lowest BCUT2D eigenvalue weighted by Gasteiger charge is -2.17. The third-order valence-electron chi connectivity index (χ3n) is 2.47. The summed E-state index contributed by atoms with van der Waals surface area (Å²) in [5.74, 6) is 1.72. The number of hydrogen-bond acceptors (Lipinski definition) is 3. The standard InChI is InChI=1S/C9H10N4O/c14-7-3-5-13-8-6(2-1-4-10-8)11-9(13)12-7/h1-2,10H,3-5H2,(H,11,12,14). The Bertz CT molecular complexity index is 432. The van der Waals surface area contributed by atoms with E-state index < -0.39 is 0 Å². The normalized spacial score (nSPS) is 18.1. The molecule has 3 rings (SSSR count). The molecule has 5 nitrogen and oxygen atoms in total. The molecule has 0 spiro atoms. The maximum atomic E-state index is 11.1. The highest BCUT2D eigenvalue weighted by molar-refractivity contribution is 5.91. The molecule has 3 heterocycles. The summed E-state index contributed by atoms with van der Waals surface area (Å²) >= 11 is 0. The van der Waals surface area contributed by atoms with E-state index >= 15 is 0 Å². The largest absolute Gasteiger partial charge is 0.366 e. The topological polar surface area (TPSA) is 59.0 Å². The van der Waals surface area contributed by atoms with Crippen molar-refractivity contribution in [3.63, 3.8) is 0 Å². The number of aromatic nitrogens is 2. The predicted octanol–water partition coefficient (Wildman–Crippen LogP) is 0.664. The summed E-state index contributed by atoms with van der Waals surface area (Å²) in [5, 5.41) is 6.00. The highest BCUT2D eigenvalue weighted by Gasteiger charge is 2.22. The van der Waals surface area contributed by atoms with Crippen molar-refractivity contribution in [1.82, 2.24) is 9.55 Å².